The molecule has 1 aromatic carbocycles. The van der Waals surface area contributed by atoms with Crippen molar-refractivity contribution in [3.8, 4) is 0 Å². The quantitative estimate of drug-likeness (QED) is 0.791. The van der Waals surface area contributed by atoms with Crippen molar-refractivity contribution in [1.29, 1.82) is 0 Å². The number of urea groups is 1. The topological polar surface area (TPSA) is 84.9 Å². The first-order valence-electron chi connectivity index (χ1n) is 7.44. The standard InChI is InChI=1S/C16H15BrN2O5/c1-2-23-14(20)11-12(9-4-3-5-10(17)8-9)18-16(22)19-6-7-24-15(21)13(11)19/h3-5,8,12H,2,6-7H2,1H3,(H,18,22)/t12-/m1/s1. The van der Waals surface area contributed by atoms with Gasteiger partial charge in [-0.15, -0.1) is 0 Å². The number of morpholine rings is 1. The second-order valence-corrected chi connectivity index (χ2v) is 6.12. The van der Waals surface area contributed by atoms with Crippen LogP contribution in [0.5, 0.6) is 0 Å². The van der Waals surface area contributed by atoms with Crippen LogP contribution in [0.15, 0.2) is 40.0 Å². The van der Waals surface area contributed by atoms with Crippen LogP contribution in [0.3, 0.4) is 0 Å². The predicted molar refractivity (Wildman–Crippen MR) is 86.7 cm³/mol. The summed E-state index contributed by atoms with van der Waals surface area (Å²) >= 11 is 3.37. The highest BCUT2D eigenvalue weighted by molar-refractivity contribution is 9.10. The Morgan fingerprint density at radius 3 is 2.96 bits per heavy atom. The molecule has 2 aliphatic rings. The lowest BCUT2D eigenvalue weighted by Crippen LogP contribution is -2.53. The molecule has 1 saturated heterocycles. The molecule has 0 unspecified atom stereocenters. The van der Waals surface area contributed by atoms with E-state index in [9.17, 15) is 14.4 Å². The molecule has 0 spiro atoms. The third kappa shape index (κ3) is 2.89. The molecule has 1 N–H and O–H groups in total. The van der Waals surface area contributed by atoms with Gasteiger partial charge in [0.2, 0.25) is 0 Å². The maximum Gasteiger partial charge on any atom is 0.355 e. The number of nitrogens with zero attached hydrogens (tertiary/aromatic N) is 1. The SMILES string of the molecule is CCOC(=O)C1=C2C(=O)OCCN2C(=O)N[C@@H]1c1cccc(Br)c1. The molecule has 1 atom stereocenters. The molecule has 0 aromatic heterocycles. The van der Waals surface area contributed by atoms with E-state index < -0.39 is 24.0 Å². The van der Waals surface area contributed by atoms with Crippen LogP contribution >= 0.6 is 15.9 Å². The Labute approximate surface area is 146 Å². The molecule has 3 rings (SSSR count). The molecule has 24 heavy (non-hydrogen) atoms. The minimum absolute atomic E-state index is 0.0478. The molecule has 2 heterocycles. The van der Waals surface area contributed by atoms with E-state index in [-0.39, 0.29) is 31.0 Å². The average molecular weight is 395 g/mol. The fourth-order valence-electron chi connectivity index (χ4n) is 2.75. The van der Waals surface area contributed by atoms with Gasteiger partial charge >= 0.3 is 18.0 Å². The van der Waals surface area contributed by atoms with Gasteiger partial charge in [0.25, 0.3) is 0 Å². The van der Waals surface area contributed by atoms with Crippen molar-refractivity contribution >= 4 is 33.9 Å². The zero-order chi connectivity index (χ0) is 17.3. The van der Waals surface area contributed by atoms with Crippen molar-refractivity contribution in [2.24, 2.45) is 0 Å². The molecule has 0 bridgehead atoms. The van der Waals surface area contributed by atoms with E-state index in [1.54, 1.807) is 25.1 Å². The average Bonchev–Trinajstić information content (AvgIpc) is 2.55. The van der Waals surface area contributed by atoms with E-state index in [4.69, 9.17) is 9.47 Å². The summed E-state index contributed by atoms with van der Waals surface area (Å²) in [6.45, 7) is 2.12. The lowest BCUT2D eigenvalue weighted by molar-refractivity contribution is -0.146. The Morgan fingerprint density at radius 2 is 2.25 bits per heavy atom. The molecule has 0 radical (unpaired) electrons. The Kier molecular flexibility index (Phi) is 4.57. The number of carbonyl (C=O) groups is 3. The van der Waals surface area contributed by atoms with Gasteiger partial charge < -0.3 is 14.8 Å². The Bertz CT molecular complexity index is 746. The Hall–Kier alpha value is -2.35. The highest BCUT2D eigenvalue weighted by Crippen LogP contribution is 2.34. The number of fused-ring (bicyclic) bond motifs is 1. The van der Waals surface area contributed by atoms with Crippen molar-refractivity contribution in [2.45, 2.75) is 13.0 Å². The first-order valence-corrected chi connectivity index (χ1v) is 8.24. The zero-order valence-corrected chi connectivity index (χ0v) is 14.5. The number of amides is 2. The molecular formula is C16H15BrN2O5. The van der Waals surface area contributed by atoms with E-state index in [2.05, 4.69) is 21.2 Å². The van der Waals surface area contributed by atoms with Crippen LogP contribution in [0.2, 0.25) is 0 Å². The van der Waals surface area contributed by atoms with Gasteiger partial charge in [0.05, 0.1) is 24.8 Å². The van der Waals surface area contributed by atoms with Crippen molar-refractivity contribution in [3.63, 3.8) is 0 Å². The van der Waals surface area contributed by atoms with Crippen molar-refractivity contribution in [3.05, 3.63) is 45.6 Å². The molecule has 2 amide bonds. The normalized spacial score (nSPS) is 20.2. The molecule has 1 aromatic rings. The molecule has 2 aliphatic heterocycles. The number of hydrogen-bond donors (Lipinski definition) is 1. The third-order valence-corrected chi connectivity index (χ3v) is 4.24. The monoisotopic (exact) mass is 394 g/mol. The Morgan fingerprint density at radius 1 is 1.46 bits per heavy atom. The second kappa shape index (κ2) is 6.64. The van der Waals surface area contributed by atoms with E-state index >= 15 is 0 Å². The van der Waals surface area contributed by atoms with Gasteiger partial charge in [0.1, 0.15) is 12.3 Å². The van der Waals surface area contributed by atoms with Gasteiger partial charge in [-0.3, -0.25) is 4.90 Å². The van der Waals surface area contributed by atoms with Crippen LogP contribution in [0.1, 0.15) is 18.5 Å². The highest BCUT2D eigenvalue weighted by Gasteiger charge is 2.43. The van der Waals surface area contributed by atoms with Gasteiger partial charge in [-0.1, -0.05) is 28.1 Å². The lowest BCUT2D eigenvalue weighted by Gasteiger charge is -2.37. The highest BCUT2D eigenvalue weighted by atomic mass is 79.9. The lowest BCUT2D eigenvalue weighted by atomic mass is 9.94. The minimum Gasteiger partial charge on any atom is -0.463 e. The summed E-state index contributed by atoms with van der Waals surface area (Å²) < 4.78 is 10.9. The number of nitrogens with one attached hydrogen (secondary N) is 1. The first-order chi connectivity index (χ1) is 11.5. The maximum atomic E-state index is 12.5. The zero-order valence-electron chi connectivity index (χ0n) is 12.9. The molecule has 0 saturated carbocycles. The number of hydrogen-bond acceptors (Lipinski definition) is 5. The number of benzene rings is 1. The van der Waals surface area contributed by atoms with Crippen molar-refractivity contribution in [2.75, 3.05) is 19.8 Å². The van der Waals surface area contributed by atoms with E-state index in [1.807, 2.05) is 6.07 Å². The first kappa shape index (κ1) is 16.5. The second-order valence-electron chi connectivity index (χ2n) is 5.21. The summed E-state index contributed by atoms with van der Waals surface area (Å²) in [6, 6.07) is 5.91. The van der Waals surface area contributed by atoms with Gasteiger partial charge in [0, 0.05) is 4.47 Å². The number of rotatable bonds is 3. The fraction of sp³-hybridized carbons (Fsp3) is 0.312. The Balaban J connectivity index is 2.16. The number of ether oxygens (including phenoxy) is 2. The van der Waals surface area contributed by atoms with Crippen LogP contribution in [0.4, 0.5) is 4.79 Å². The number of halogens is 1. The molecule has 7 nitrogen and oxygen atoms in total. The summed E-state index contributed by atoms with van der Waals surface area (Å²) in [5.41, 5.74) is 0.693. The van der Waals surface area contributed by atoms with Crippen LogP contribution in [0.25, 0.3) is 0 Å². The smallest absolute Gasteiger partial charge is 0.355 e. The van der Waals surface area contributed by atoms with Crippen LogP contribution in [-0.2, 0) is 19.1 Å². The summed E-state index contributed by atoms with van der Waals surface area (Å²) in [7, 11) is 0. The number of carbonyl (C=O) groups excluding carboxylic acids is 3. The summed E-state index contributed by atoms with van der Waals surface area (Å²) in [6.07, 6.45) is 0. The predicted octanol–water partition coefficient (Wildman–Crippen LogP) is 1.89. The maximum absolute atomic E-state index is 12.5. The van der Waals surface area contributed by atoms with Crippen molar-refractivity contribution < 1.29 is 23.9 Å². The van der Waals surface area contributed by atoms with Crippen LogP contribution in [-0.4, -0.2) is 42.6 Å². The van der Waals surface area contributed by atoms with Gasteiger partial charge in [-0.05, 0) is 24.6 Å². The molecule has 1 fully saturated rings. The van der Waals surface area contributed by atoms with E-state index in [0.29, 0.717) is 5.56 Å². The summed E-state index contributed by atoms with van der Waals surface area (Å²) in [5, 5.41) is 2.77. The largest absolute Gasteiger partial charge is 0.463 e. The van der Waals surface area contributed by atoms with Gasteiger partial charge in [0.15, 0.2) is 0 Å². The summed E-state index contributed by atoms with van der Waals surface area (Å²) in [4.78, 5) is 38.3. The van der Waals surface area contributed by atoms with Gasteiger partial charge in [-0.2, -0.15) is 0 Å². The third-order valence-electron chi connectivity index (χ3n) is 3.75. The molecular weight excluding hydrogens is 380 g/mol. The molecule has 8 heteroatoms. The molecule has 0 aliphatic carbocycles. The van der Waals surface area contributed by atoms with Crippen molar-refractivity contribution in [1.82, 2.24) is 10.2 Å². The van der Waals surface area contributed by atoms with Crippen LogP contribution < -0.4 is 5.32 Å². The van der Waals surface area contributed by atoms with E-state index in [1.165, 1.54) is 4.90 Å². The minimum atomic E-state index is -0.786. The fourth-order valence-corrected chi connectivity index (χ4v) is 3.17. The van der Waals surface area contributed by atoms with Gasteiger partial charge in [-0.25, -0.2) is 14.4 Å². The number of cyclic esters (lactones) is 1. The summed E-state index contributed by atoms with van der Waals surface area (Å²) in [5.74, 6) is -1.35. The molecule has 126 valence electrons. The van der Waals surface area contributed by atoms with Crippen LogP contribution in [0, 0.1) is 0 Å². The van der Waals surface area contributed by atoms with E-state index in [0.717, 1.165) is 4.47 Å². The number of esters is 2.